The van der Waals surface area contributed by atoms with Crippen molar-refractivity contribution < 1.29 is 23.8 Å². The van der Waals surface area contributed by atoms with Gasteiger partial charge in [-0.05, 0) is 12.1 Å². The van der Waals surface area contributed by atoms with E-state index >= 15 is 0 Å². The molecular formula is C13H15N3O5. The van der Waals surface area contributed by atoms with E-state index in [0.29, 0.717) is 22.8 Å². The molecule has 1 heterocycles. The van der Waals surface area contributed by atoms with Gasteiger partial charge in [0.25, 0.3) is 0 Å². The molecule has 1 N–H and O–H groups in total. The van der Waals surface area contributed by atoms with Crippen LogP contribution in [-0.2, 0) is 4.79 Å². The maximum Gasteiger partial charge on any atom is 0.344 e. The predicted octanol–water partition coefficient (Wildman–Crippen LogP) is 0.598. The summed E-state index contributed by atoms with van der Waals surface area (Å²) in [6.07, 6.45) is 1.42. The number of rotatable bonds is 5. The largest absolute Gasteiger partial charge is 0.493 e. The molecule has 8 nitrogen and oxygen atoms in total. The van der Waals surface area contributed by atoms with E-state index in [4.69, 9.17) is 14.2 Å². The minimum absolute atomic E-state index is 0.106. The molecule has 1 aromatic rings. The zero-order chi connectivity index (χ0) is 15.4. The fourth-order valence-corrected chi connectivity index (χ4v) is 1.88. The number of ether oxygens (including phenoxy) is 3. The van der Waals surface area contributed by atoms with Crippen LogP contribution in [0.3, 0.4) is 0 Å². The first-order chi connectivity index (χ1) is 10.1. The van der Waals surface area contributed by atoms with Crippen LogP contribution in [0.15, 0.2) is 17.2 Å². The monoisotopic (exact) mass is 293 g/mol. The molecule has 2 rings (SSSR count). The normalized spacial score (nSPS) is 14.5. The van der Waals surface area contributed by atoms with Crippen molar-refractivity contribution in [2.45, 2.75) is 0 Å². The Morgan fingerprint density at radius 1 is 1.14 bits per heavy atom. The Balaban J connectivity index is 2.32. The van der Waals surface area contributed by atoms with Crippen LogP contribution in [0.2, 0.25) is 0 Å². The third-order valence-electron chi connectivity index (χ3n) is 2.85. The molecule has 0 atom stereocenters. The first kappa shape index (κ1) is 14.6. The first-order valence-electron chi connectivity index (χ1n) is 6.05. The number of nitrogens with one attached hydrogen (secondary N) is 1. The number of urea groups is 1. The molecule has 0 spiro atoms. The van der Waals surface area contributed by atoms with Crippen molar-refractivity contribution in [3.05, 3.63) is 17.7 Å². The maximum atomic E-state index is 11.4. The molecule has 0 aliphatic carbocycles. The summed E-state index contributed by atoms with van der Waals surface area (Å²) in [5, 5.41) is 7.12. The van der Waals surface area contributed by atoms with Gasteiger partial charge in [-0.1, -0.05) is 0 Å². The molecule has 0 saturated carbocycles. The van der Waals surface area contributed by atoms with E-state index < -0.39 is 11.9 Å². The number of benzene rings is 1. The highest BCUT2D eigenvalue weighted by Gasteiger charge is 2.26. The highest BCUT2D eigenvalue weighted by molar-refractivity contribution is 6.02. The Hall–Kier alpha value is -2.77. The molecule has 1 aliphatic rings. The van der Waals surface area contributed by atoms with Gasteiger partial charge >= 0.3 is 6.03 Å². The van der Waals surface area contributed by atoms with Crippen LogP contribution >= 0.6 is 0 Å². The summed E-state index contributed by atoms with van der Waals surface area (Å²) in [4.78, 5) is 22.5. The number of nitrogens with zero attached hydrogens (tertiary/aromatic N) is 2. The Labute approximate surface area is 121 Å². The topological polar surface area (TPSA) is 89.5 Å². The molecule has 1 aliphatic heterocycles. The summed E-state index contributed by atoms with van der Waals surface area (Å²) in [7, 11) is 4.50. The van der Waals surface area contributed by atoms with Gasteiger partial charge in [-0.15, -0.1) is 0 Å². The number of hydrogen-bond acceptors (Lipinski definition) is 6. The van der Waals surface area contributed by atoms with Gasteiger partial charge in [0, 0.05) is 5.56 Å². The summed E-state index contributed by atoms with van der Waals surface area (Å²) in [5.41, 5.74) is 0.585. The van der Waals surface area contributed by atoms with E-state index in [1.807, 2.05) is 0 Å². The molecule has 8 heteroatoms. The minimum atomic E-state index is -0.560. The number of methoxy groups -OCH3 is 3. The average molecular weight is 293 g/mol. The lowest BCUT2D eigenvalue weighted by Crippen LogP contribution is -2.24. The smallest absolute Gasteiger partial charge is 0.344 e. The van der Waals surface area contributed by atoms with Crippen LogP contribution < -0.4 is 19.5 Å². The SMILES string of the molecule is COc1ccc(/C=N/N2CC(=O)NC2=O)c(OC)c1OC. The van der Waals surface area contributed by atoms with Crippen molar-refractivity contribution in [2.24, 2.45) is 5.10 Å². The van der Waals surface area contributed by atoms with Crippen LogP contribution in [0.4, 0.5) is 4.79 Å². The van der Waals surface area contributed by atoms with Gasteiger partial charge < -0.3 is 14.2 Å². The van der Waals surface area contributed by atoms with Gasteiger partial charge in [0.2, 0.25) is 11.7 Å². The lowest BCUT2D eigenvalue weighted by molar-refractivity contribution is -0.118. The lowest BCUT2D eigenvalue weighted by atomic mass is 10.2. The number of hydrazone groups is 1. The number of imide groups is 1. The second-order valence-electron chi connectivity index (χ2n) is 4.08. The van der Waals surface area contributed by atoms with Gasteiger partial charge in [0.05, 0.1) is 27.5 Å². The quantitative estimate of drug-likeness (QED) is 0.634. The van der Waals surface area contributed by atoms with E-state index in [1.54, 1.807) is 12.1 Å². The van der Waals surface area contributed by atoms with Crippen molar-refractivity contribution in [3.8, 4) is 17.2 Å². The molecule has 0 unspecified atom stereocenters. The minimum Gasteiger partial charge on any atom is -0.493 e. The number of carbonyl (C=O) groups is 2. The standard InChI is InChI=1S/C13H15N3O5/c1-19-9-5-4-8(11(20-2)12(9)21-3)6-14-16-7-10(17)15-13(16)18/h4-6H,7H2,1-3H3,(H,15,17,18)/b14-6+. The zero-order valence-corrected chi connectivity index (χ0v) is 11.9. The molecule has 1 aromatic carbocycles. The molecule has 3 amide bonds. The molecule has 1 fully saturated rings. The third kappa shape index (κ3) is 2.88. The Kier molecular flexibility index (Phi) is 4.27. The van der Waals surface area contributed by atoms with Gasteiger partial charge in [0.15, 0.2) is 11.5 Å². The molecule has 0 radical (unpaired) electrons. The van der Waals surface area contributed by atoms with Gasteiger partial charge in [-0.25, -0.2) is 9.80 Å². The second-order valence-corrected chi connectivity index (χ2v) is 4.08. The fourth-order valence-electron chi connectivity index (χ4n) is 1.88. The predicted molar refractivity (Wildman–Crippen MR) is 73.9 cm³/mol. The van der Waals surface area contributed by atoms with Crippen molar-refractivity contribution in [2.75, 3.05) is 27.9 Å². The highest BCUT2D eigenvalue weighted by atomic mass is 16.5. The molecule has 0 aromatic heterocycles. The van der Waals surface area contributed by atoms with Crippen molar-refractivity contribution in [1.29, 1.82) is 0 Å². The van der Waals surface area contributed by atoms with Crippen LogP contribution in [0.25, 0.3) is 0 Å². The molecule has 21 heavy (non-hydrogen) atoms. The summed E-state index contributed by atoms with van der Waals surface area (Å²) in [6, 6.07) is 2.84. The van der Waals surface area contributed by atoms with Crippen LogP contribution in [0, 0.1) is 0 Å². The van der Waals surface area contributed by atoms with E-state index in [9.17, 15) is 9.59 Å². The number of amides is 3. The van der Waals surface area contributed by atoms with Crippen LogP contribution in [0.5, 0.6) is 17.2 Å². The van der Waals surface area contributed by atoms with Crippen molar-refractivity contribution >= 4 is 18.2 Å². The lowest BCUT2D eigenvalue weighted by Gasteiger charge is -2.14. The number of hydrogen-bond donors (Lipinski definition) is 1. The molecule has 1 saturated heterocycles. The second kappa shape index (κ2) is 6.12. The Morgan fingerprint density at radius 3 is 2.38 bits per heavy atom. The Morgan fingerprint density at radius 2 is 1.86 bits per heavy atom. The summed E-state index contributed by atoms with van der Waals surface area (Å²) >= 11 is 0. The number of carbonyl (C=O) groups excluding carboxylic acids is 2. The first-order valence-corrected chi connectivity index (χ1v) is 6.05. The van der Waals surface area contributed by atoms with E-state index in [-0.39, 0.29) is 6.54 Å². The fraction of sp³-hybridized carbons (Fsp3) is 0.308. The maximum absolute atomic E-state index is 11.4. The van der Waals surface area contributed by atoms with Crippen LogP contribution in [-0.4, -0.2) is 51.0 Å². The van der Waals surface area contributed by atoms with Crippen LogP contribution in [0.1, 0.15) is 5.56 Å². The molecule has 112 valence electrons. The Bertz CT molecular complexity index is 600. The zero-order valence-electron chi connectivity index (χ0n) is 11.9. The van der Waals surface area contributed by atoms with E-state index in [0.717, 1.165) is 5.01 Å². The summed E-state index contributed by atoms with van der Waals surface area (Å²) in [5.74, 6) is 0.967. The van der Waals surface area contributed by atoms with Gasteiger partial charge in [-0.3, -0.25) is 10.1 Å². The van der Waals surface area contributed by atoms with E-state index in [2.05, 4.69) is 10.4 Å². The third-order valence-corrected chi connectivity index (χ3v) is 2.85. The summed E-state index contributed by atoms with van der Waals surface area (Å²) in [6.45, 7) is -0.106. The van der Waals surface area contributed by atoms with Gasteiger partial charge in [-0.2, -0.15) is 5.10 Å². The van der Waals surface area contributed by atoms with Gasteiger partial charge in [0.1, 0.15) is 6.54 Å². The van der Waals surface area contributed by atoms with E-state index in [1.165, 1.54) is 27.5 Å². The molecular weight excluding hydrogens is 278 g/mol. The molecule has 0 bridgehead atoms. The van der Waals surface area contributed by atoms with Crippen molar-refractivity contribution in [1.82, 2.24) is 10.3 Å². The summed E-state index contributed by atoms with van der Waals surface area (Å²) < 4.78 is 15.7. The van der Waals surface area contributed by atoms with Crippen molar-refractivity contribution in [3.63, 3.8) is 0 Å². The average Bonchev–Trinajstić information content (AvgIpc) is 2.81. The highest BCUT2D eigenvalue weighted by Crippen LogP contribution is 2.39.